The molecule has 3 N–H and O–H groups in total. The average molecular weight is 223 g/mol. The average Bonchev–Trinajstić information content (AvgIpc) is 2.17. The van der Waals surface area contributed by atoms with Crippen molar-refractivity contribution in [2.24, 2.45) is 5.73 Å². The Bertz CT molecular complexity index is 426. The van der Waals surface area contributed by atoms with Gasteiger partial charge in [0, 0.05) is 0 Å². The minimum atomic E-state index is -1.40. The summed E-state index contributed by atoms with van der Waals surface area (Å²) in [6, 6.07) is 5.90. The van der Waals surface area contributed by atoms with E-state index < -0.39 is 17.5 Å². The van der Waals surface area contributed by atoms with Gasteiger partial charge in [-0.25, -0.2) is 4.79 Å². The molecule has 0 saturated heterocycles. The van der Waals surface area contributed by atoms with Crippen LogP contribution in [0.5, 0.6) is 5.75 Å². The number of phenolic OH excluding ortho intramolecular Hbond substituents is 1. The number of para-hydroxylation sites is 1. The first-order valence-corrected chi connectivity index (χ1v) is 4.66. The molecule has 0 aliphatic rings. The zero-order valence-electron chi connectivity index (χ0n) is 9.06. The van der Waals surface area contributed by atoms with Gasteiger partial charge >= 0.3 is 5.97 Å². The maximum atomic E-state index is 11.6. The number of aromatic hydroxyl groups is 1. The summed E-state index contributed by atoms with van der Waals surface area (Å²) in [6.07, 6.45) is 0. The molecule has 0 aliphatic heterocycles. The van der Waals surface area contributed by atoms with Gasteiger partial charge < -0.3 is 15.6 Å². The van der Waals surface area contributed by atoms with Crippen molar-refractivity contribution in [1.29, 1.82) is 0 Å². The Morgan fingerprint density at radius 3 is 2.38 bits per heavy atom. The zero-order chi connectivity index (χ0) is 12.3. The SMILES string of the molecule is CC(C)(OC(=O)c1ccccc1O)C(N)=O. The second-order valence-corrected chi connectivity index (χ2v) is 3.78. The van der Waals surface area contributed by atoms with Gasteiger partial charge in [0.05, 0.1) is 0 Å². The van der Waals surface area contributed by atoms with Gasteiger partial charge in [0.2, 0.25) is 0 Å². The Morgan fingerprint density at radius 1 is 1.31 bits per heavy atom. The molecule has 0 aromatic heterocycles. The summed E-state index contributed by atoms with van der Waals surface area (Å²) in [5, 5.41) is 9.40. The molecule has 0 radical (unpaired) electrons. The fraction of sp³-hybridized carbons (Fsp3) is 0.273. The van der Waals surface area contributed by atoms with Crippen LogP contribution in [0.4, 0.5) is 0 Å². The molecule has 0 spiro atoms. The molecule has 0 heterocycles. The van der Waals surface area contributed by atoms with Crippen molar-refractivity contribution in [1.82, 2.24) is 0 Å². The number of hydrogen-bond acceptors (Lipinski definition) is 4. The van der Waals surface area contributed by atoms with Gasteiger partial charge in [-0.1, -0.05) is 12.1 Å². The highest BCUT2D eigenvalue weighted by Crippen LogP contribution is 2.19. The van der Waals surface area contributed by atoms with Crippen LogP contribution < -0.4 is 5.73 Å². The van der Waals surface area contributed by atoms with Crippen LogP contribution >= 0.6 is 0 Å². The van der Waals surface area contributed by atoms with Crippen LogP contribution in [0.1, 0.15) is 24.2 Å². The third-order valence-electron chi connectivity index (χ3n) is 2.07. The van der Waals surface area contributed by atoms with E-state index in [0.717, 1.165) is 0 Å². The quantitative estimate of drug-likeness (QED) is 0.742. The van der Waals surface area contributed by atoms with Crippen LogP contribution in [0.3, 0.4) is 0 Å². The normalized spacial score (nSPS) is 10.9. The van der Waals surface area contributed by atoms with E-state index in [0.29, 0.717) is 0 Å². The standard InChI is InChI=1S/C11H13NO4/c1-11(2,10(12)15)16-9(14)7-5-3-4-6-8(7)13/h3-6,13H,1-2H3,(H2,12,15). The largest absolute Gasteiger partial charge is 0.507 e. The number of amides is 1. The second-order valence-electron chi connectivity index (χ2n) is 3.78. The Labute approximate surface area is 92.8 Å². The molecule has 0 aliphatic carbocycles. The molecule has 0 unspecified atom stereocenters. The predicted molar refractivity (Wildman–Crippen MR) is 56.8 cm³/mol. The first kappa shape index (κ1) is 12.0. The molecule has 1 rings (SSSR count). The molecule has 5 heteroatoms. The molecule has 0 fully saturated rings. The number of primary amides is 1. The first-order valence-electron chi connectivity index (χ1n) is 4.66. The molecule has 1 amide bonds. The molecular formula is C11H13NO4. The maximum Gasteiger partial charge on any atom is 0.342 e. The molecule has 1 aromatic carbocycles. The summed E-state index contributed by atoms with van der Waals surface area (Å²) in [6.45, 7) is 2.76. The minimum absolute atomic E-state index is 0.00294. The molecule has 86 valence electrons. The minimum Gasteiger partial charge on any atom is -0.507 e. The van der Waals surface area contributed by atoms with Crippen molar-refractivity contribution >= 4 is 11.9 Å². The highest BCUT2D eigenvalue weighted by atomic mass is 16.6. The van der Waals surface area contributed by atoms with E-state index >= 15 is 0 Å². The van der Waals surface area contributed by atoms with Crippen molar-refractivity contribution < 1.29 is 19.4 Å². The number of carbonyl (C=O) groups is 2. The number of carbonyl (C=O) groups excluding carboxylic acids is 2. The maximum absolute atomic E-state index is 11.6. The molecular weight excluding hydrogens is 210 g/mol. The van der Waals surface area contributed by atoms with Crippen molar-refractivity contribution in [2.75, 3.05) is 0 Å². The number of nitrogens with two attached hydrogens (primary N) is 1. The van der Waals surface area contributed by atoms with E-state index in [1.54, 1.807) is 12.1 Å². The molecule has 0 bridgehead atoms. The molecule has 0 atom stereocenters. The summed E-state index contributed by atoms with van der Waals surface area (Å²) in [5.41, 5.74) is 3.65. The van der Waals surface area contributed by atoms with E-state index in [1.807, 2.05) is 0 Å². The second kappa shape index (κ2) is 4.22. The van der Waals surface area contributed by atoms with Gasteiger partial charge in [0.1, 0.15) is 11.3 Å². The zero-order valence-corrected chi connectivity index (χ0v) is 9.06. The molecule has 0 saturated carbocycles. The van der Waals surface area contributed by atoms with E-state index in [9.17, 15) is 14.7 Å². The third kappa shape index (κ3) is 2.50. The Kier molecular flexibility index (Phi) is 3.17. The number of phenols is 1. The fourth-order valence-electron chi connectivity index (χ4n) is 0.983. The van der Waals surface area contributed by atoms with Crippen LogP contribution in [0.25, 0.3) is 0 Å². The number of hydrogen-bond donors (Lipinski definition) is 2. The van der Waals surface area contributed by atoms with Crippen LogP contribution in [0.15, 0.2) is 24.3 Å². The van der Waals surface area contributed by atoms with Gasteiger partial charge in [-0.3, -0.25) is 4.79 Å². The van der Waals surface area contributed by atoms with E-state index in [1.165, 1.54) is 26.0 Å². The van der Waals surface area contributed by atoms with Crippen molar-refractivity contribution in [3.63, 3.8) is 0 Å². The predicted octanol–water partition coefficient (Wildman–Crippen LogP) is 0.813. The van der Waals surface area contributed by atoms with E-state index in [4.69, 9.17) is 10.5 Å². The van der Waals surface area contributed by atoms with Gasteiger partial charge in [-0.15, -0.1) is 0 Å². The van der Waals surface area contributed by atoms with Crippen molar-refractivity contribution in [3.05, 3.63) is 29.8 Å². The number of ether oxygens (including phenoxy) is 1. The van der Waals surface area contributed by atoms with E-state index in [2.05, 4.69) is 0 Å². The first-order chi connectivity index (χ1) is 7.34. The van der Waals surface area contributed by atoms with Crippen LogP contribution in [-0.2, 0) is 9.53 Å². The van der Waals surface area contributed by atoms with Gasteiger partial charge in [0.25, 0.3) is 5.91 Å². The smallest absolute Gasteiger partial charge is 0.342 e. The topological polar surface area (TPSA) is 89.6 Å². The van der Waals surface area contributed by atoms with Gasteiger partial charge in [0.15, 0.2) is 5.60 Å². The highest BCUT2D eigenvalue weighted by Gasteiger charge is 2.30. The van der Waals surface area contributed by atoms with Gasteiger partial charge in [-0.05, 0) is 26.0 Å². The van der Waals surface area contributed by atoms with E-state index in [-0.39, 0.29) is 11.3 Å². The van der Waals surface area contributed by atoms with Crippen LogP contribution in [0.2, 0.25) is 0 Å². The molecule has 16 heavy (non-hydrogen) atoms. The lowest BCUT2D eigenvalue weighted by atomic mass is 10.1. The lowest BCUT2D eigenvalue weighted by Gasteiger charge is -2.21. The Morgan fingerprint density at radius 2 is 1.88 bits per heavy atom. The number of benzene rings is 1. The molecule has 5 nitrogen and oxygen atoms in total. The fourth-order valence-corrected chi connectivity index (χ4v) is 0.983. The molecule has 1 aromatic rings. The van der Waals surface area contributed by atoms with Crippen molar-refractivity contribution in [3.8, 4) is 5.75 Å². The summed E-state index contributed by atoms with van der Waals surface area (Å²) < 4.78 is 4.89. The summed E-state index contributed by atoms with van der Waals surface area (Å²) in [4.78, 5) is 22.6. The Hall–Kier alpha value is -2.04. The summed E-state index contributed by atoms with van der Waals surface area (Å²) >= 11 is 0. The summed E-state index contributed by atoms with van der Waals surface area (Å²) in [7, 11) is 0. The Balaban J connectivity index is 2.89. The van der Waals surface area contributed by atoms with Crippen molar-refractivity contribution in [2.45, 2.75) is 19.4 Å². The highest BCUT2D eigenvalue weighted by molar-refractivity contribution is 5.95. The van der Waals surface area contributed by atoms with Crippen LogP contribution in [0, 0.1) is 0 Å². The number of rotatable bonds is 3. The van der Waals surface area contributed by atoms with Gasteiger partial charge in [-0.2, -0.15) is 0 Å². The number of esters is 1. The lowest BCUT2D eigenvalue weighted by Crippen LogP contribution is -2.42. The lowest BCUT2D eigenvalue weighted by molar-refractivity contribution is -0.133. The third-order valence-corrected chi connectivity index (χ3v) is 2.07. The van der Waals surface area contributed by atoms with Crippen LogP contribution in [-0.4, -0.2) is 22.6 Å². The monoisotopic (exact) mass is 223 g/mol. The summed E-state index contributed by atoms with van der Waals surface area (Å²) in [5.74, 6) is -1.74.